The lowest BCUT2D eigenvalue weighted by molar-refractivity contribution is 0.102. The van der Waals surface area contributed by atoms with E-state index in [1.54, 1.807) is 25.3 Å². The first-order valence-corrected chi connectivity index (χ1v) is 5.98. The van der Waals surface area contributed by atoms with Gasteiger partial charge in [-0.05, 0) is 35.0 Å². The average molecular weight is 308 g/mol. The smallest absolute Gasteiger partial charge is 0.262 e. The molecule has 0 aliphatic rings. The van der Waals surface area contributed by atoms with Crippen LogP contribution >= 0.6 is 15.9 Å². The summed E-state index contributed by atoms with van der Waals surface area (Å²) < 4.78 is 0.655. The maximum absolute atomic E-state index is 11.9. The maximum Gasteiger partial charge on any atom is 0.262 e. The quantitative estimate of drug-likeness (QED) is 0.892. The number of aryl methyl sites for hydroxylation is 1. The molecule has 2 heterocycles. The molecule has 2 aromatic heterocycles. The van der Waals surface area contributed by atoms with E-state index in [0.717, 1.165) is 0 Å². The van der Waals surface area contributed by atoms with Crippen molar-refractivity contribution in [1.29, 1.82) is 0 Å². The summed E-state index contributed by atoms with van der Waals surface area (Å²) in [6.45, 7) is 1.75. The van der Waals surface area contributed by atoms with Crippen molar-refractivity contribution in [3.05, 3.63) is 56.5 Å². The van der Waals surface area contributed by atoms with E-state index in [1.165, 1.54) is 12.3 Å². The molecule has 5 nitrogen and oxygen atoms in total. The van der Waals surface area contributed by atoms with Crippen molar-refractivity contribution in [2.24, 2.45) is 0 Å². The van der Waals surface area contributed by atoms with Crippen molar-refractivity contribution in [1.82, 2.24) is 9.97 Å². The van der Waals surface area contributed by atoms with Crippen LogP contribution in [0, 0.1) is 6.92 Å². The molecule has 0 atom stereocenters. The second-order valence-corrected chi connectivity index (χ2v) is 4.54. The van der Waals surface area contributed by atoms with Crippen LogP contribution < -0.4 is 10.7 Å². The highest BCUT2D eigenvalue weighted by molar-refractivity contribution is 9.10. The number of nitrogens with zero attached hydrogens (tertiary/aromatic N) is 1. The van der Waals surface area contributed by atoms with Crippen molar-refractivity contribution in [2.45, 2.75) is 6.92 Å². The summed E-state index contributed by atoms with van der Waals surface area (Å²) in [6, 6.07) is 4.86. The summed E-state index contributed by atoms with van der Waals surface area (Å²) in [5.74, 6) is -0.113. The van der Waals surface area contributed by atoms with Gasteiger partial charge in [-0.3, -0.25) is 9.59 Å². The fraction of sp³-hybridized carbons (Fsp3) is 0.0833. The Hall–Kier alpha value is -1.95. The fourth-order valence-corrected chi connectivity index (χ4v) is 1.76. The molecule has 0 saturated carbocycles. The number of H-pyrrole nitrogens is 1. The van der Waals surface area contributed by atoms with Crippen LogP contribution in [0.15, 0.2) is 39.9 Å². The van der Waals surface area contributed by atoms with Crippen LogP contribution in [0.4, 0.5) is 5.82 Å². The second-order valence-electron chi connectivity index (χ2n) is 3.68. The van der Waals surface area contributed by atoms with Gasteiger partial charge in [-0.25, -0.2) is 4.98 Å². The van der Waals surface area contributed by atoms with Gasteiger partial charge in [0, 0.05) is 24.2 Å². The van der Waals surface area contributed by atoms with Gasteiger partial charge < -0.3 is 10.3 Å². The maximum atomic E-state index is 11.9. The van der Waals surface area contributed by atoms with E-state index in [9.17, 15) is 9.59 Å². The number of carbonyl (C=O) groups excluding carboxylic acids is 1. The van der Waals surface area contributed by atoms with E-state index in [-0.39, 0.29) is 11.0 Å². The molecule has 0 spiro atoms. The number of hydrogen-bond acceptors (Lipinski definition) is 3. The summed E-state index contributed by atoms with van der Waals surface area (Å²) in [5.41, 5.74) is 0.435. The summed E-state index contributed by atoms with van der Waals surface area (Å²) in [7, 11) is 0. The summed E-state index contributed by atoms with van der Waals surface area (Å²) >= 11 is 3.26. The SMILES string of the molecule is Cc1cc(=O)c(C(=O)Nc2ncccc2Br)c[nH]1. The van der Waals surface area contributed by atoms with E-state index in [0.29, 0.717) is 16.0 Å². The number of hydrogen-bond donors (Lipinski definition) is 2. The molecule has 0 saturated heterocycles. The van der Waals surface area contributed by atoms with Gasteiger partial charge in [0.2, 0.25) is 0 Å². The number of carbonyl (C=O) groups is 1. The largest absolute Gasteiger partial charge is 0.364 e. The van der Waals surface area contributed by atoms with Gasteiger partial charge in [-0.2, -0.15) is 0 Å². The van der Waals surface area contributed by atoms with Gasteiger partial charge in [-0.15, -0.1) is 0 Å². The third-order valence-corrected chi connectivity index (χ3v) is 2.93. The normalized spacial score (nSPS) is 10.1. The molecule has 2 aromatic rings. The number of nitrogens with one attached hydrogen (secondary N) is 2. The Kier molecular flexibility index (Phi) is 3.57. The number of anilines is 1. The summed E-state index contributed by atoms with van der Waals surface area (Å²) in [4.78, 5) is 30.4. The first-order valence-electron chi connectivity index (χ1n) is 5.19. The molecule has 0 fully saturated rings. The van der Waals surface area contributed by atoms with Crippen molar-refractivity contribution >= 4 is 27.7 Å². The molecule has 18 heavy (non-hydrogen) atoms. The number of rotatable bonds is 2. The molecule has 1 amide bonds. The van der Waals surface area contributed by atoms with Crippen LogP contribution in [0.2, 0.25) is 0 Å². The molecule has 0 aliphatic carbocycles. The zero-order valence-electron chi connectivity index (χ0n) is 9.53. The molecule has 2 N–H and O–H groups in total. The summed E-state index contributed by atoms with van der Waals surface area (Å²) in [6.07, 6.45) is 2.95. The van der Waals surface area contributed by atoms with Crippen LogP contribution in [0.25, 0.3) is 0 Å². The minimum Gasteiger partial charge on any atom is -0.364 e. The van der Waals surface area contributed by atoms with Crippen LogP contribution in [-0.4, -0.2) is 15.9 Å². The third kappa shape index (κ3) is 2.65. The lowest BCUT2D eigenvalue weighted by atomic mass is 10.2. The van der Waals surface area contributed by atoms with E-state index < -0.39 is 5.91 Å². The number of aromatic amines is 1. The van der Waals surface area contributed by atoms with Crippen molar-refractivity contribution in [3.8, 4) is 0 Å². The Morgan fingerprint density at radius 1 is 1.50 bits per heavy atom. The Morgan fingerprint density at radius 2 is 2.28 bits per heavy atom. The Bertz CT molecular complexity index is 652. The Labute approximate surface area is 111 Å². The predicted octanol–water partition coefficient (Wildman–Crippen LogP) is 2.09. The first-order chi connectivity index (χ1) is 8.58. The van der Waals surface area contributed by atoms with Crippen LogP contribution in [-0.2, 0) is 0 Å². The van der Waals surface area contributed by atoms with Gasteiger partial charge in [0.25, 0.3) is 5.91 Å². The van der Waals surface area contributed by atoms with Crippen LogP contribution in [0.5, 0.6) is 0 Å². The molecular formula is C12H10BrN3O2. The van der Waals surface area contributed by atoms with Crippen molar-refractivity contribution < 1.29 is 4.79 Å². The van der Waals surface area contributed by atoms with E-state index >= 15 is 0 Å². The highest BCUT2D eigenvalue weighted by atomic mass is 79.9. The molecule has 2 rings (SSSR count). The van der Waals surface area contributed by atoms with Crippen molar-refractivity contribution in [2.75, 3.05) is 5.32 Å². The van der Waals surface area contributed by atoms with Gasteiger partial charge in [0.1, 0.15) is 11.4 Å². The van der Waals surface area contributed by atoms with Gasteiger partial charge >= 0.3 is 0 Å². The number of pyridine rings is 2. The molecule has 0 radical (unpaired) electrons. The number of aromatic nitrogens is 2. The highest BCUT2D eigenvalue weighted by Crippen LogP contribution is 2.18. The van der Waals surface area contributed by atoms with Gasteiger partial charge in [0.05, 0.1) is 4.47 Å². The van der Waals surface area contributed by atoms with Crippen molar-refractivity contribution in [3.63, 3.8) is 0 Å². The molecular weight excluding hydrogens is 298 g/mol. The van der Waals surface area contributed by atoms with Gasteiger partial charge in [0.15, 0.2) is 5.43 Å². The summed E-state index contributed by atoms with van der Waals surface area (Å²) in [5, 5.41) is 2.57. The van der Waals surface area contributed by atoms with E-state index in [2.05, 4.69) is 31.2 Å². The van der Waals surface area contributed by atoms with Crippen LogP contribution in [0.3, 0.4) is 0 Å². The van der Waals surface area contributed by atoms with Gasteiger partial charge in [-0.1, -0.05) is 0 Å². The number of amides is 1. The zero-order valence-corrected chi connectivity index (χ0v) is 11.1. The minimum atomic E-state index is -0.490. The molecule has 6 heteroatoms. The molecule has 0 unspecified atom stereocenters. The van der Waals surface area contributed by atoms with E-state index in [1.807, 2.05) is 0 Å². The highest BCUT2D eigenvalue weighted by Gasteiger charge is 2.12. The Balaban J connectivity index is 2.28. The van der Waals surface area contributed by atoms with Crippen LogP contribution in [0.1, 0.15) is 16.1 Å². The Morgan fingerprint density at radius 3 is 2.94 bits per heavy atom. The molecule has 0 bridgehead atoms. The lowest BCUT2D eigenvalue weighted by Crippen LogP contribution is -2.22. The topological polar surface area (TPSA) is 74.8 Å². The first kappa shape index (κ1) is 12.5. The fourth-order valence-electron chi connectivity index (χ4n) is 1.40. The van der Waals surface area contributed by atoms with E-state index in [4.69, 9.17) is 0 Å². The standard InChI is InChI=1S/C12H10BrN3O2/c1-7-5-10(17)8(6-15-7)12(18)16-11-9(13)3-2-4-14-11/h2-6H,1H3,(H,15,17)(H,14,16,18). The second kappa shape index (κ2) is 5.14. The lowest BCUT2D eigenvalue weighted by Gasteiger charge is -2.05. The average Bonchev–Trinajstić information content (AvgIpc) is 2.32. The monoisotopic (exact) mass is 307 g/mol. The minimum absolute atomic E-state index is 0.0538. The third-order valence-electron chi connectivity index (χ3n) is 2.29. The number of halogens is 1. The zero-order chi connectivity index (χ0) is 13.1. The molecule has 92 valence electrons. The molecule has 0 aromatic carbocycles. The molecule has 0 aliphatic heterocycles. The predicted molar refractivity (Wildman–Crippen MR) is 71.7 cm³/mol.